The van der Waals surface area contributed by atoms with Crippen LogP contribution in [0.15, 0.2) is 101 Å². The van der Waals surface area contributed by atoms with E-state index >= 15 is 0 Å². The van der Waals surface area contributed by atoms with E-state index in [0.717, 1.165) is 22.4 Å². The minimum atomic E-state index is -0.703. The van der Waals surface area contributed by atoms with E-state index in [9.17, 15) is 10.2 Å². The standard InChI is InChI=1S/C25H23NO3S/c27-21(16-22(28)18-10-4-1-5-11-18)17-30-25-26-23(19-12-6-2-7-13-19)24(29-25)20-14-8-3-9-15-20/h1-15,21-22,27-28H,16-17H2/t21-,22+/m1/s1. The van der Waals surface area contributed by atoms with Gasteiger partial charge in [-0.1, -0.05) is 103 Å². The average Bonchev–Trinajstić information content (AvgIpc) is 3.24. The van der Waals surface area contributed by atoms with Crippen molar-refractivity contribution in [1.82, 2.24) is 4.98 Å². The monoisotopic (exact) mass is 417 g/mol. The number of aliphatic hydroxyl groups is 2. The van der Waals surface area contributed by atoms with E-state index in [0.29, 0.717) is 16.7 Å². The Labute approximate surface area is 180 Å². The van der Waals surface area contributed by atoms with Crippen LogP contribution < -0.4 is 0 Å². The predicted octanol–water partition coefficient (Wildman–Crippen LogP) is 5.59. The molecule has 4 aromatic rings. The molecule has 2 atom stereocenters. The van der Waals surface area contributed by atoms with Crippen molar-refractivity contribution in [2.75, 3.05) is 5.75 Å². The van der Waals surface area contributed by atoms with Crippen LogP contribution in [0.3, 0.4) is 0 Å². The zero-order valence-corrected chi connectivity index (χ0v) is 17.2. The molecule has 1 aromatic heterocycles. The molecule has 0 aliphatic carbocycles. The SMILES string of the molecule is O[C@@H](CSc1nc(-c2ccccc2)c(-c2ccccc2)o1)C[C@H](O)c1ccccc1. The van der Waals surface area contributed by atoms with Crippen molar-refractivity contribution < 1.29 is 14.6 Å². The highest BCUT2D eigenvalue weighted by atomic mass is 32.2. The molecule has 0 saturated carbocycles. The molecule has 4 nitrogen and oxygen atoms in total. The highest BCUT2D eigenvalue weighted by molar-refractivity contribution is 7.99. The summed E-state index contributed by atoms with van der Waals surface area (Å²) in [6.45, 7) is 0. The van der Waals surface area contributed by atoms with Gasteiger partial charge in [-0.05, 0) is 5.56 Å². The van der Waals surface area contributed by atoms with Gasteiger partial charge in [0.1, 0.15) is 5.69 Å². The molecule has 0 saturated heterocycles. The third-order valence-corrected chi connectivity index (χ3v) is 5.74. The second-order valence-corrected chi connectivity index (χ2v) is 7.99. The fraction of sp³-hybridized carbons (Fsp3) is 0.160. The maximum absolute atomic E-state index is 10.4. The minimum absolute atomic E-state index is 0.259. The Kier molecular flexibility index (Phi) is 6.64. The lowest BCUT2D eigenvalue weighted by atomic mass is 10.0. The highest BCUT2D eigenvalue weighted by Gasteiger charge is 2.19. The summed E-state index contributed by atoms with van der Waals surface area (Å²) in [5.74, 6) is 1.09. The number of aliphatic hydroxyl groups excluding tert-OH is 2. The van der Waals surface area contributed by atoms with Crippen molar-refractivity contribution >= 4 is 11.8 Å². The smallest absolute Gasteiger partial charge is 0.256 e. The molecule has 3 aromatic carbocycles. The second-order valence-electron chi connectivity index (χ2n) is 7.02. The van der Waals surface area contributed by atoms with Crippen LogP contribution >= 0.6 is 11.8 Å². The first kappa shape index (κ1) is 20.4. The molecule has 0 unspecified atom stereocenters. The lowest BCUT2D eigenvalue weighted by molar-refractivity contribution is 0.0930. The Morgan fingerprint density at radius 3 is 1.97 bits per heavy atom. The van der Waals surface area contributed by atoms with Gasteiger partial charge in [-0.25, -0.2) is 4.98 Å². The zero-order chi connectivity index (χ0) is 20.8. The van der Waals surface area contributed by atoms with Crippen molar-refractivity contribution in [2.24, 2.45) is 0 Å². The zero-order valence-electron chi connectivity index (χ0n) is 16.4. The van der Waals surface area contributed by atoms with Crippen LogP contribution in [0, 0.1) is 0 Å². The van der Waals surface area contributed by atoms with Gasteiger partial charge in [0, 0.05) is 23.3 Å². The van der Waals surface area contributed by atoms with Gasteiger partial charge in [0.25, 0.3) is 5.22 Å². The second kappa shape index (κ2) is 9.76. The molecule has 0 aliphatic rings. The van der Waals surface area contributed by atoms with E-state index in [1.807, 2.05) is 91.0 Å². The van der Waals surface area contributed by atoms with Crippen LogP contribution in [-0.2, 0) is 0 Å². The molecule has 0 radical (unpaired) electrons. The van der Waals surface area contributed by atoms with Crippen LogP contribution in [0.1, 0.15) is 18.1 Å². The first-order chi connectivity index (χ1) is 14.7. The molecule has 0 spiro atoms. The van der Waals surface area contributed by atoms with E-state index in [-0.39, 0.29) is 6.42 Å². The lowest BCUT2D eigenvalue weighted by Crippen LogP contribution is -2.14. The fourth-order valence-corrected chi connectivity index (χ4v) is 4.01. The Morgan fingerprint density at radius 1 is 0.767 bits per heavy atom. The van der Waals surface area contributed by atoms with Gasteiger partial charge in [0.05, 0.1) is 12.2 Å². The van der Waals surface area contributed by atoms with Gasteiger partial charge in [-0.3, -0.25) is 0 Å². The summed E-state index contributed by atoms with van der Waals surface area (Å²) < 4.78 is 6.07. The molecule has 152 valence electrons. The molecule has 2 N–H and O–H groups in total. The molecule has 0 fully saturated rings. The normalized spacial score (nSPS) is 13.1. The maximum atomic E-state index is 10.4. The fourth-order valence-electron chi connectivity index (χ4n) is 3.24. The number of aromatic nitrogens is 1. The molecule has 30 heavy (non-hydrogen) atoms. The summed E-state index contributed by atoms with van der Waals surface area (Å²) >= 11 is 1.35. The molecule has 1 heterocycles. The van der Waals surface area contributed by atoms with E-state index in [1.165, 1.54) is 11.8 Å². The van der Waals surface area contributed by atoms with Crippen molar-refractivity contribution in [3.05, 3.63) is 96.6 Å². The summed E-state index contributed by atoms with van der Waals surface area (Å²) in [4.78, 5) is 4.69. The third kappa shape index (κ3) is 5.00. The van der Waals surface area contributed by atoms with Gasteiger partial charge in [-0.2, -0.15) is 0 Å². The Bertz CT molecular complexity index is 995. The van der Waals surface area contributed by atoms with Crippen LogP contribution in [0.25, 0.3) is 22.6 Å². The van der Waals surface area contributed by atoms with E-state index in [1.54, 1.807) is 0 Å². The topological polar surface area (TPSA) is 66.5 Å². The third-order valence-electron chi connectivity index (χ3n) is 4.77. The van der Waals surface area contributed by atoms with Gasteiger partial charge in [0.15, 0.2) is 5.76 Å². The summed E-state index contributed by atoms with van der Waals surface area (Å²) in [6, 6.07) is 29.2. The van der Waals surface area contributed by atoms with Gasteiger partial charge in [-0.15, -0.1) is 0 Å². The minimum Gasteiger partial charge on any atom is -0.431 e. The van der Waals surface area contributed by atoms with Crippen LogP contribution in [-0.4, -0.2) is 27.1 Å². The first-order valence-electron chi connectivity index (χ1n) is 9.86. The van der Waals surface area contributed by atoms with Gasteiger partial charge >= 0.3 is 0 Å². The number of oxazole rings is 1. The number of hydrogen-bond donors (Lipinski definition) is 2. The molecular weight excluding hydrogens is 394 g/mol. The Balaban J connectivity index is 1.49. The van der Waals surface area contributed by atoms with Crippen molar-refractivity contribution in [1.29, 1.82) is 0 Å². The van der Waals surface area contributed by atoms with Crippen LogP contribution in [0.2, 0.25) is 0 Å². The molecule has 0 aliphatic heterocycles. The molecule has 5 heteroatoms. The van der Waals surface area contributed by atoms with Crippen LogP contribution in [0.4, 0.5) is 0 Å². The summed E-state index contributed by atoms with van der Waals surface area (Å²) in [5, 5.41) is 21.2. The van der Waals surface area contributed by atoms with Crippen molar-refractivity contribution in [3.8, 4) is 22.6 Å². The van der Waals surface area contributed by atoms with E-state index in [2.05, 4.69) is 4.98 Å². The van der Waals surface area contributed by atoms with Gasteiger partial charge in [0.2, 0.25) is 0 Å². The summed E-state index contributed by atoms with van der Waals surface area (Å²) in [5.41, 5.74) is 3.52. The van der Waals surface area contributed by atoms with Crippen molar-refractivity contribution in [3.63, 3.8) is 0 Å². The number of hydrogen-bond acceptors (Lipinski definition) is 5. The first-order valence-corrected chi connectivity index (χ1v) is 10.8. The molecule has 4 rings (SSSR count). The number of rotatable bonds is 8. The van der Waals surface area contributed by atoms with E-state index < -0.39 is 12.2 Å². The van der Waals surface area contributed by atoms with Gasteiger partial charge < -0.3 is 14.6 Å². The number of nitrogens with zero attached hydrogens (tertiary/aromatic N) is 1. The number of thioether (sulfide) groups is 1. The highest BCUT2D eigenvalue weighted by Crippen LogP contribution is 2.36. The quantitative estimate of drug-likeness (QED) is 0.366. The maximum Gasteiger partial charge on any atom is 0.256 e. The molecule has 0 amide bonds. The number of benzene rings is 3. The largest absolute Gasteiger partial charge is 0.431 e. The summed E-state index contributed by atoms with van der Waals surface area (Å²) in [7, 11) is 0. The van der Waals surface area contributed by atoms with Crippen LogP contribution in [0.5, 0.6) is 0 Å². The van der Waals surface area contributed by atoms with Crippen molar-refractivity contribution in [2.45, 2.75) is 23.9 Å². The average molecular weight is 418 g/mol. The Morgan fingerprint density at radius 2 is 1.33 bits per heavy atom. The Hall–Kier alpha value is -2.86. The molecular formula is C25H23NO3S. The predicted molar refractivity (Wildman–Crippen MR) is 120 cm³/mol. The molecule has 0 bridgehead atoms. The van der Waals surface area contributed by atoms with E-state index in [4.69, 9.17) is 4.42 Å². The lowest BCUT2D eigenvalue weighted by Gasteiger charge is -2.15. The summed E-state index contributed by atoms with van der Waals surface area (Å²) in [6.07, 6.45) is -1.13.